The van der Waals surface area contributed by atoms with E-state index < -0.39 is 106 Å². The second kappa shape index (κ2) is 32.1. The maximum Gasteiger partial charge on any atom is 0.203 e. The van der Waals surface area contributed by atoms with Crippen LogP contribution in [0.15, 0.2) is 182 Å². The molecular formula is C76H98O15Si. The van der Waals surface area contributed by atoms with Gasteiger partial charge in [0, 0.05) is 23.3 Å². The Morgan fingerprint density at radius 2 is 0.891 bits per heavy atom. The zero-order valence-electron chi connectivity index (χ0n) is 55.4. The van der Waals surface area contributed by atoms with Gasteiger partial charge in [0.1, 0.15) is 36.1 Å². The van der Waals surface area contributed by atoms with E-state index in [1.54, 1.807) is 0 Å². The van der Waals surface area contributed by atoms with Crippen LogP contribution < -0.4 is 0 Å². The summed E-state index contributed by atoms with van der Waals surface area (Å²) in [5.41, 5.74) is 5.91. The summed E-state index contributed by atoms with van der Waals surface area (Å²) in [4.78, 5) is 0. The first kappa shape index (κ1) is 68.3. The molecule has 0 aliphatic carbocycles. The number of benzene rings is 6. The van der Waals surface area contributed by atoms with Crippen LogP contribution in [0.2, 0.25) is 16.6 Å². The summed E-state index contributed by atoms with van der Waals surface area (Å²) in [6.45, 7) is 24.8. The molecule has 0 aromatic heterocycles. The Morgan fingerprint density at radius 3 is 1.42 bits per heavy atom. The van der Waals surface area contributed by atoms with Crippen LogP contribution in [0.25, 0.3) is 0 Å². The molecule has 5 aliphatic heterocycles. The molecule has 6 aromatic rings. The molecule has 0 N–H and O–H groups in total. The van der Waals surface area contributed by atoms with E-state index in [1.807, 2.05) is 153 Å². The lowest BCUT2D eigenvalue weighted by atomic mass is 9.89. The Labute approximate surface area is 546 Å². The molecule has 0 amide bonds. The van der Waals surface area contributed by atoms with Gasteiger partial charge in [0.15, 0.2) is 31.5 Å². The van der Waals surface area contributed by atoms with Gasteiger partial charge < -0.3 is 70.7 Å². The normalized spacial score (nSPS) is 31.7. The van der Waals surface area contributed by atoms with E-state index in [1.165, 1.54) is 0 Å². The fourth-order valence-corrected chi connectivity index (χ4v) is 19.8. The summed E-state index contributed by atoms with van der Waals surface area (Å²) in [6, 6.07) is 60.8. The first-order chi connectivity index (χ1) is 44.7. The van der Waals surface area contributed by atoms with E-state index in [2.05, 4.69) is 98.7 Å². The van der Waals surface area contributed by atoms with Crippen LogP contribution >= 0.6 is 0 Å². The van der Waals surface area contributed by atoms with E-state index in [0.717, 1.165) is 33.4 Å². The summed E-state index contributed by atoms with van der Waals surface area (Å²) in [5.74, 6) is -0.955. The van der Waals surface area contributed by atoms with Crippen molar-refractivity contribution in [3.63, 3.8) is 0 Å². The highest BCUT2D eigenvalue weighted by Gasteiger charge is 2.62. The average Bonchev–Trinajstić information content (AvgIpc) is 1.49. The Bertz CT molecular complexity index is 3080. The lowest BCUT2D eigenvalue weighted by Gasteiger charge is -2.53. The molecule has 0 saturated carbocycles. The van der Waals surface area contributed by atoms with Crippen molar-refractivity contribution in [1.82, 2.24) is 0 Å². The minimum atomic E-state index is -2.56. The highest BCUT2D eigenvalue weighted by Crippen LogP contribution is 2.49. The van der Waals surface area contributed by atoms with Gasteiger partial charge in [-0.05, 0) is 51.4 Å². The van der Waals surface area contributed by atoms with Gasteiger partial charge in [-0.2, -0.15) is 0 Å². The SMILES string of the molecule is CC1O[C@@H](O[Si](C(C)C)(C(C)C)C(C)C)[C@@H](C)C(O[C@@H]2OC(COCc3ccccc3)[C@@H](OCc3ccccc3)C(OCc3ccccc3)[C@H]2C)[C@H]1O[C@@H]1OC[C@@H](C)[C@@H](O[C@@H]2OC[C@]3(COCc4ccccc4)O[C@@H](c4ccccc4)OC23)C1OCc1ccccc1. The maximum absolute atomic E-state index is 7.71. The van der Waals surface area contributed by atoms with Crippen LogP contribution in [0, 0.1) is 17.8 Å². The molecular weight excluding hydrogens is 1180 g/mol. The van der Waals surface area contributed by atoms with Gasteiger partial charge >= 0.3 is 0 Å². The second-order valence-corrected chi connectivity index (χ2v) is 32.2. The summed E-state index contributed by atoms with van der Waals surface area (Å²) in [5, 5.41) is 0. The summed E-state index contributed by atoms with van der Waals surface area (Å²) >= 11 is 0. The quantitative estimate of drug-likeness (QED) is 0.0411. The molecule has 5 aliphatic rings. The molecule has 0 bridgehead atoms. The van der Waals surface area contributed by atoms with E-state index in [9.17, 15) is 0 Å². The molecule has 5 fully saturated rings. The molecule has 0 radical (unpaired) electrons. The van der Waals surface area contributed by atoms with Crippen LogP contribution in [0.4, 0.5) is 0 Å². The van der Waals surface area contributed by atoms with Gasteiger partial charge in [-0.25, -0.2) is 0 Å². The summed E-state index contributed by atoms with van der Waals surface area (Å²) in [7, 11) is -2.56. The molecule has 16 heteroatoms. The van der Waals surface area contributed by atoms with Crippen molar-refractivity contribution >= 4 is 8.32 Å². The van der Waals surface area contributed by atoms with E-state index >= 15 is 0 Å². The second-order valence-electron chi connectivity index (χ2n) is 26.8. The molecule has 15 nitrogen and oxygen atoms in total. The number of ether oxygens (including phenoxy) is 14. The van der Waals surface area contributed by atoms with Gasteiger partial charge in [0.05, 0.1) is 83.9 Å². The minimum Gasteiger partial charge on any atom is -0.391 e. The molecule has 5 heterocycles. The Balaban J connectivity index is 0.920. The van der Waals surface area contributed by atoms with Gasteiger partial charge in [0.25, 0.3) is 0 Å². The Kier molecular flexibility index (Phi) is 23.9. The monoisotopic (exact) mass is 1280 g/mol. The summed E-state index contributed by atoms with van der Waals surface area (Å²) < 4.78 is 106. The van der Waals surface area contributed by atoms with E-state index in [4.69, 9.17) is 70.7 Å². The number of hydrogen-bond donors (Lipinski definition) is 0. The van der Waals surface area contributed by atoms with Crippen molar-refractivity contribution < 1.29 is 70.7 Å². The molecule has 0 spiro atoms. The standard InChI is InChI=1S/C76H98O15Si/c1-50(2)92(51(3)4,52(5)6)91-72-55(9)66(87-71-54(8)65(79-44-59-33-21-13-22-34-59)68(80-45-60-35-23-14-24-36-60)63(85-71)47-77-42-57-29-17-11-18-30-57)67(56(10)84-72)88-74-69(81-46-61-37-25-15-26-38-61)64(53(7)41-82-74)86-75-70-76(49-83-75,48-78-43-58-31-19-12-20-32-58)90-73(89-70)62-39-27-16-28-40-62/h11-40,50-56,63-75H,41-49H2,1-10H3/t53-,54-,55+,56?,63?,64-,65?,66?,67+,68-,69?,70?,71+,72+,73+,74+,75+,76+/m1/s1. The fraction of sp³-hybridized carbons (Fsp3) is 0.526. The van der Waals surface area contributed by atoms with Crippen LogP contribution in [0.1, 0.15) is 109 Å². The zero-order chi connectivity index (χ0) is 64.2. The molecule has 6 unspecified atom stereocenters. The predicted molar refractivity (Wildman–Crippen MR) is 352 cm³/mol. The smallest absolute Gasteiger partial charge is 0.203 e. The number of hydrogen-bond acceptors (Lipinski definition) is 15. The van der Waals surface area contributed by atoms with Gasteiger partial charge in [-0.1, -0.05) is 244 Å². The number of rotatable bonds is 29. The van der Waals surface area contributed by atoms with Crippen LogP contribution in [-0.4, -0.2) is 120 Å². The van der Waals surface area contributed by atoms with Crippen molar-refractivity contribution in [1.29, 1.82) is 0 Å². The fourth-order valence-electron chi connectivity index (χ4n) is 14.3. The molecule has 5 saturated heterocycles. The lowest BCUT2D eigenvalue weighted by molar-refractivity contribution is -0.370. The molecule has 11 rings (SSSR count). The highest BCUT2D eigenvalue weighted by molar-refractivity contribution is 6.77. The van der Waals surface area contributed by atoms with Gasteiger partial charge in [0.2, 0.25) is 8.32 Å². The van der Waals surface area contributed by atoms with Crippen LogP contribution in [0.3, 0.4) is 0 Å². The third kappa shape index (κ3) is 16.2. The average molecular weight is 1280 g/mol. The van der Waals surface area contributed by atoms with Crippen LogP contribution in [0.5, 0.6) is 0 Å². The van der Waals surface area contributed by atoms with E-state index in [-0.39, 0.29) is 61.5 Å². The zero-order valence-corrected chi connectivity index (χ0v) is 56.4. The van der Waals surface area contributed by atoms with Crippen molar-refractivity contribution in [2.45, 2.75) is 211 Å². The van der Waals surface area contributed by atoms with E-state index in [0.29, 0.717) is 26.4 Å². The molecule has 6 aromatic carbocycles. The Morgan fingerprint density at radius 1 is 0.435 bits per heavy atom. The first-order valence-electron chi connectivity index (χ1n) is 33.5. The molecule has 18 atom stereocenters. The topological polar surface area (TPSA) is 138 Å². The van der Waals surface area contributed by atoms with Gasteiger partial charge in [-0.3, -0.25) is 0 Å². The van der Waals surface area contributed by atoms with Crippen molar-refractivity contribution in [2.24, 2.45) is 17.8 Å². The highest BCUT2D eigenvalue weighted by atomic mass is 28.4. The number of fused-ring (bicyclic) bond motifs is 1. The predicted octanol–water partition coefficient (Wildman–Crippen LogP) is 14.5. The van der Waals surface area contributed by atoms with Crippen molar-refractivity contribution in [2.75, 3.05) is 26.4 Å². The molecule has 92 heavy (non-hydrogen) atoms. The van der Waals surface area contributed by atoms with Gasteiger partial charge in [-0.15, -0.1) is 0 Å². The first-order valence-corrected chi connectivity index (χ1v) is 35.6. The minimum absolute atomic E-state index is 0.179. The summed E-state index contributed by atoms with van der Waals surface area (Å²) in [6.07, 6.45) is -9.82. The Hall–Kier alpha value is -5.06. The lowest BCUT2D eigenvalue weighted by Crippen LogP contribution is -2.64. The van der Waals surface area contributed by atoms with Crippen molar-refractivity contribution in [3.05, 3.63) is 215 Å². The third-order valence-corrected chi connectivity index (χ3v) is 25.3. The van der Waals surface area contributed by atoms with Crippen LogP contribution in [-0.2, 0) is 104 Å². The van der Waals surface area contributed by atoms with Crippen molar-refractivity contribution in [3.8, 4) is 0 Å². The molecule has 496 valence electrons. The third-order valence-electron chi connectivity index (χ3n) is 19.3. The maximum atomic E-state index is 7.71. The largest absolute Gasteiger partial charge is 0.391 e.